The second-order valence-corrected chi connectivity index (χ2v) is 5.11. The predicted octanol–water partition coefficient (Wildman–Crippen LogP) is 0.794. The van der Waals surface area contributed by atoms with Crippen LogP contribution in [0.5, 0.6) is 0 Å². The number of ketones is 1. The van der Waals surface area contributed by atoms with Gasteiger partial charge < -0.3 is 0 Å². The lowest BCUT2D eigenvalue weighted by Gasteiger charge is -2.18. The van der Waals surface area contributed by atoms with Crippen LogP contribution in [0.3, 0.4) is 0 Å². The normalized spacial score (nSPS) is 19.9. The Labute approximate surface area is 89.5 Å². The van der Waals surface area contributed by atoms with Crippen molar-refractivity contribution in [2.24, 2.45) is 10.3 Å². The molecule has 0 fully saturated rings. The van der Waals surface area contributed by atoms with Gasteiger partial charge in [0.05, 0.1) is 11.3 Å². The number of hydrogen-bond acceptors (Lipinski definition) is 3. The number of nitrogens with zero attached hydrogens (tertiary/aromatic N) is 1. The Kier molecular flexibility index (Phi) is 2.99. The Hall–Kier alpha value is -1.17. The van der Waals surface area contributed by atoms with Gasteiger partial charge in [0.2, 0.25) is 0 Å². The molecule has 0 bridgehead atoms. The standard InChI is InChI=1S/C9H14N2O3S/c1-5(2)9(12)8-6(3)10-15(13,14)11-7(8)4/h5,10H,1-4H3. The van der Waals surface area contributed by atoms with Gasteiger partial charge in [0.1, 0.15) is 0 Å². The largest absolute Gasteiger partial charge is 0.342 e. The third-order valence-corrected chi connectivity index (χ3v) is 3.13. The zero-order chi connectivity index (χ0) is 11.8. The van der Waals surface area contributed by atoms with Crippen molar-refractivity contribution in [1.82, 2.24) is 4.72 Å². The van der Waals surface area contributed by atoms with Crippen molar-refractivity contribution in [2.75, 3.05) is 0 Å². The molecule has 15 heavy (non-hydrogen) atoms. The van der Waals surface area contributed by atoms with Crippen molar-refractivity contribution in [1.29, 1.82) is 0 Å². The third kappa shape index (κ3) is 2.44. The molecule has 1 rings (SSSR count). The van der Waals surface area contributed by atoms with E-state index in [-0.39, 0.29) is 17.4 Å². The average molecular weight is 230 g/mol. The van der Waals surface area contributed by atoms with Gasteiger partial charge in [0.25, 0.3) is 0 Å². The van der Waals surface area contributed by atoms with Crippen LogP contribution >= 0.6 is 0 Å². The predicted molar refractivity (Wildman–Crippen MR) is 57.7 cm³/mol. The molecule has 5 nitrogen and oxygen atoms in total. The first kappa shape index (κ1) is 11.9. The van der Waals surface area contributed by atoms with Crippen molar-refractivity contribution >= 4 is 21.7 Å². The van der Waals surface area contributed by atoms with Gasteiger partial charge >= 0.3 is 10.2 Å². The van der Waals surface area contributed by atoms with E-state index < -0.39 is 10.2 Å². The molecular weight excluding hydrogens is 216 g/mol. The number of carbonyl (C=O) groups excluding carboxylic acids is 1. The molecule has 0 radical (unpaired) electrons. The van der Waals surface area contributed by atoms with Crippen LogP contribution in [-0.4, -0.2) is 19.9 Å². The van der Waals surface area contributed by atoms with E-state index in [0.717, 1.165) is 0 Å². The van der Waals surface area contributed by atoms with Gasteiger partial charge in [-0.3, -0.25) is 9.52 Å². The summed E-state index contributed by atoms with van der Waals surface area (Å²) < 4.78 is 28.0. The SMILES string of the molecule is CC1=NS(=O)(=O)NC(C)=C1C(=O)C(C)C. The topological polar surface area (TPSA) is 75.6 Å². The van der Waals surface area contributed by atoms with E-state index in [0.29, 0.717) is 11.3 Å². The molecule has 0 spiro atoms. The molecular formula is C9H14N2O3S. The molecule has 6 heteroatoms. The number of carbonyl (C=O) groups is 1. The summed E-state index contributed by atoms with van der Waals surface area (Å²) in [6.07, 6.45) is 0. The summed E-state index contributed by atoms with van der Waals surface area (Å²) in [6, 6.07) is 0. The Morgan fingerprint density at radius 3 is 2.27 bits per heavy atom. The molecule has 0 saturated heterocycles. The molecule has 0 atom stereocenters. The minimum Gasteiger partial charge on any atom is -0.294 e. The van der Waals surface area contributed by atoms with E-state index in [1.165, 1.54) is 6.92 Å². The van der Waals surface area contributed by atoms with Gasteiger partial charge in [-0.25, -0.2) is 0 Å². The Morgan fingerprint density at radius 1 is 1.33 bits per heavy atom. The van der Waals surface area contributed by atoms with Crippen LogP contribution < -0.4 is 4.72 Å². The summed E-state index contributed by atoms with van der Waals surface area (Å²) in [5.41, 5.74) is 0.978. The molecule has 1 heterocycles. The smallest absolute Gasteiger partial charge is 0.294 e. The molecule has 1 aliphatic rings. The molecule has 0 aromatic rings. The number of Topliss-reactive ketones (excluding diaryl/α,β-unsaturated/α-hetero) is 1. The summed E-state index contributed by atoms with van der Waals surface area (Å²) in [7, 11) is -3.65. The fourth-order valence-corrected chi connectivity index (χ4v) is 2.40. The molecule has 0 amide bonds. The lowest BCUT2D eigenvalue weighted by molar-refractivity contribution is -0.117. The minimum atomic E-state index is -3.65. The highest BCUT2D eigenvalue weighted by Crippen LogP contribution is 2.17. The van der Waals surface area contributed by atoms with Gasteiger partial charge in [-0.15, -0.1) is 4.40 Å². The van der Waals surface area contributed by atoms with E-state index in [4.69, 9.17) is 0 Å². The maximum Gasteiger partial charge on any atom is 0.342 e. The van der Waals surface area contributed by atoms with Gasteiger partial charge in [0, 0.05) is 11.6 Å². The van der Waals surface area contributed by atoms with Gasteiger partial charge in [-0.1, -0.05) is 13.8 Å². The van der Waals surface area contributed by atoms with Crippen LogP contribution in [-0.2, 0) is 15.0 Å². The van der Waals surface area contributed by atoms with Crippen molar-refractivity contribution in [3.8, 4) is 0 Å². The van der Waals surface area contributed by atoms with Crippen LogP contribution in [0.2, 0.25) is 0 Å². The highest BCUT2D eigenvalue weighted by atomic mass is 32.2. The number of rotatable bonds is 2. The summed E-state index contributed by atoms with van der Waals surface area (Å²) in [4.78, 5) is 11.8. The zero-order valence-corrected chi connectivity index (χ0v) is 9.97. The monoisotopic (exact) mass is 230 g/mol. The molecule has 0 saturated carbocycles. The van der Waals surface area contributed by atoms with Crippen molar-refractivity contribution in [3.63, 3.8) is 0 Å². The van der Waals surface area contributed by atoms with Gasteiger partial charge in [0.15, 0.2) is 5.78 Å². The quantitative estimate of drug-likeness (QED) is 0.762. The summed E-state index contributed by atoms with van der Waals surface area (Å²) in [5.74, 6) is -0.279. The third-order valence-electron chi connectivity index (χ3n) is 2.05. The zero-order valence-electron chi connectivity index (χ0n) is 9.16. The van der Waals surface area contributed by atoms with Crippen LogP contribution in [0.15, 0.2) is 15.7 Å². The molecule has 84 valence electrons. The van der Waals surface area contributed by atoms with Gasteiger partial charge in [-0.2, -0.15) is 8.42 Å². The summed E-state index contributed by atoms with van der Waals surface area (Å²) in [6.45, 7) is 6.61. The van der Waals surface area contributed by atoms with Crippen LogP contribution in [0.4, 0.5) is 0 Å². The van der Waals surface area contributed by atoms with Crippen LogP contribution in [0.25, 0.3) is 0 Å². The van der Waals surface area contributed by atoms with E-state index in [1.54, 1.807) is 20.8 Å². The first-order valence-corrected chi connectivity index (χ1v) is 6.03. The van der Waals surface area contributed by atoms with E-state index in [9.17, 15) is 13.2 Å². The summed E-state index contributed by atoms with van der Waals surface area (Å²) >= 11 is 0. The van der Waals surface area contributed by atoms with E-state index in [2.05, 4.69) is 9.12 Å². The maximum atomic E-state index is 11.8. The number of hydrogen-bond donors (Lipinski definition) is 1. The number of nitrogens with one attached hydrogen (secondary N) is 1. The van der Waals surface area contributed by atoms with Crippen molar-refractivity contribution in [2.45, 2.75) is 27.7 Å². The van der Waals surface area contributed by atoms with E-state index in [1.807, 2.05) is 0 Å². The molecule has 0 unspecified atom stereocenters. The number of allylic oxidation sites excluding steroid dienone is 2. The lowest BCUT2D eigenvalue weighted by atomic mass is 9.96. The fourth-order valence-electron chi connectivity index (χ4n) is 1.42. The van der Waals surface area contributed by atoms with Crippen LogP contribution in [0.1, 0.15) is 27.7 Å². The maximum absolute atomic E-state index is 11.8. The van der Waals surface area contributed by atoms with Gasteiger partial charge in [-0.05, 0) is 13.8 Å². The molecule has 0 aromatic heterocycles. The lowest BCUT2D eigenvalue weighted by Crippen LogP contribution is -2.31. The second-order valence-electron chi connectivity index (χ2n) is 3.77. The Morgan fingerprint density at radius 2 is 1.87 bits per heavy atom. The van der Waals surface area contributed by atoms with Crippen molar-refractivity contribution in [3.05, 3.63) is 11.3 Å². The molecule has 1 aliphatic heterocycles. The first-order valence-electron chi connectivity index (χ1n) is 4.59. The molecule has 1 N–H and O–H groups in total. The highest BCUT2D eigenvalue weighted by Gasteiger charge is 2.26. The van der Waals surface area contributed by atoms with Crippen molar-refractivity contribution < 1.29 is 13.2 Å². The molecule has 0 aromatic carbocycles. The molecule has 0 aliphatic carbocycles. The van der Waals surface area contributed by atoms with Crippen LogP contribution in [0, 0.1) is 5.92 Å². The first-order chi connectivity index (χ1) is 6.74. The average Bonchev–Trinajstić information content (AvgIpc) is 1.99. The highest BCUT2D eigenvalue weighted by molar-refractivity contribution is 7.88. The Balaban J connectivity index is 3.23. The second kappa shape index (κ2) is 3.77. The van der Waals surface area contributed by atoms with E-state index >= 15 is 0 Å². The summed E-state index contributed by atoms with van der Waals surface area (Å²) in [5, 5.41) is 0. The fraction of sp³-hybridized carbons (Fsp3) is 0.556. The Bertz CT molecular complexity index is 458. The minimum absolute atomic E-state index is 0.101.